The lowest BCUT2D eigenvalue weighted by molar-refractivity contribution is 0.167. The van der Waals surface area contributed by atoms with Crippen LogP contribution in [0.1, 0.15) is 44.5 Å². The summed E-state index contributed by atoms with van der Waals surface area (Å²) >= 11 is 0. The largest absolute Gasteiger partial charge is 0.349 e. The van der Waals surface area contributed by atoms with Crippen molar-refractivity contribution in [3.63, 3.8) is 0 Å². The van der Waals surface area contributed by atoms with Crippen molar-refractivity contribution >= 4 is 0 Å². The van der Waals surface area contributed by atoms with Crippen LogP contribution in [0.25, 0.3) is 0 Å². The summed E-state index contributed by atoms with van der Waals surface area (Å²) in [6.45, 7) is 10.5. The molecular formula is C15H26N2. The van der Waals surface area contributed by atoms with Gasteiger partial charge in [-0.05, 0) is 51.4 Å². The fourth-order valence-electron chi connectivity index (χ4n) is 3.11. The predicted molar refractivity (Wildman–Crippen MR) is 73.4 cm³/mol. The van der Waals surface area contributed by atoms with Gasteiger partial charge in [0.1, 0.15) is 0 Å². The van der Waals surface area contributed by atoms with Crippen LogP contribution in [0, 0.1) is 6.92 Å². The van der Waals surface area contributed by atoms with Crippen LogP contribution < -0.4 is 0 Å². The Balaban J connectivity index is 2.04. The lowest BCUT2D eigenvalue weighted by atomic mass is 10.0. The molecule has 0 aliphatic carbocycles. The van der Waals surface area contributed by atoms with Crippen LogP contribution in [0.3, 0.4) is 0 Å². The molecule has 1 atom stereocenters. The van der Waals surface area contributed by atoms with Gasteiger partial charge in [0.2, 0.25) is 0 Å². The van der Waals surface area contributed by atoms with Crippen LogP contribution in [-0.2, 0) is 13.0 Å². The Morgan fingerprint density at radius 3 is 2.59 bits per heavy atom. The first-order chi connectivity index (χ1) is 8.26. The van der Waals surface area contributed by atoms with Gasteiger partial charge in [-0.1, -0.05) is 13.8 Å². The van der Waals surface area contributed by atoms with E-state index in [2.05, 4.69) is 42.4 Å². The third-order valence-corrected chi connectivity index (χ3v) is 3.96. The van der Waals surface area contributed by atoms with Crippen molar-refractivity contribution in [3.8, 4) is 0 Å². The van der Waals surface area contributed by atoms with Crippen LogP contribution in [0.4, 0.5) is 0 Å². The highest BCUT2D eigenvalue weighted by molar-refractivity contribution is 5.18. The Bertz CT molecular complexity index is 348. The predicted octanol–water partition coefficient (Wildman–Crippen LogP) is 3.23. The van der Waals surface area contributed by atoms with Crippen molar-refractivity contribution in [2.45, 2.75) is 59.0 Å². The van der Waals surface area contributed by atoms with Crippen molar-refractivity contribution in [2.75, 3.05) is 13.1 Å². The lowest BCUT2D eigenvalue weighted by Gasteiger charge is -2.35. The quantitative estimate of drug-likeness (QED) is 0.759. The number of aromatic nitrogens is 1. The molecule has 0 radical (unpaired) electrons. The summed E-state index contributed by atoms with van der Waals surface area (Å²) in [5.74, 6) is 0. The molecule has 0 spiro atoms. The van der Waals surface area contributed by atoms with Gasteiger partial charge in [0.15, 0.2) is 0 Å². The van der Waals surface area contributed by atoms with Crippen LogP contribution in [0.15, 0.2) is 12.1 Å². The number of hydrogen-bond acceptors (Lipinski definition) is 1. The third kappa shape index (κ3) is 2.74. The van der Waals surface area contributed by atoms with E-state index in [1.807, 2.05) is 0 Å². The molecule has 0 amide bonds. The minimum Gasteiger partial charge on any atom is -0.349 e. The molecular weight excluding hydrogens is 208 g/mol. The zero-order chi connectivity index (χ0) is 12.3. The molecule has 0 unspecified atom stereocenters. The van der Waals surface area contributed by atoms with Gasteiger partial charge in [0, 0.05) is 30.4 Å². The van der Waals surface area contributed by atoms with Gasteiger partial charge in [0.05, 0.1) is 0 Å². The monoisotopic (exact) mass is 234 g/mol. The van der Waals surface area contributed by atoms with Crippen LogP contribution in [0.2, 0.25) is 0 Å². The summed E-state index contributed by atoms with van der Waals surface area (Å²) in [7, 11) is 0. The van der Waals surface area contributed by atoms with Gasteiger partial charge in [0.25, 0.3) is 0 Å². The Hall–Kier alpha value is -0.760. The Morgan fingerprint density at radius 2 is 1.94 bits per heavy atom. The molecule has 0 saturated heterocycles. The second kappa shape index (κ2) is 5.72. The van der Waals surface area contributed by atoms with E-state index >= 15 is 0 Å². The highest BCUT2D eigenvalue weighted by atomic mass is 15.2. The molecule has 0 fully saturated rings. The first-order valence-electron chi connectivity index (χ1n) is 7.15. The maximum atomic E-state index is 2.70. The highest BCUT2D eigenvalue weighted by Crippen LogP contribution is 2.22. The Labute approximate surface area is 106 Å². The van der Waals surface area contributed by atoms with E-state index in [0.717, 1.165) is 6.04 Å². The minimum absolute atomic E-state index is 0.775. The van der Waals surface area contributed by atoms with Gasteiger partial charge < -0.3 is 4.57 Å². The first kappa shape index (κ1) is 12.7. The normalized spacial score (nSPS) is 19.6. The fraction of sp³-hybridized carbons (Fsp3) is 0.733. The van der Waals surface area contributed by atoms with Gasteiger partial charge in [-0.3, -0.25) is 4.90 Å². The van der Waals surface area contributed by atoms with Crippen molar-refractivity contribution in [1.82, 2.24) is 9.47 Å². The molecule has 2 heteroatoms. The number of nitrogens with zero attached hydrogens (tertiary/aromatic N) is 2. The fourth-order valence-corrected chi connectivity index (χ4v) is 3.11. The zero-order valence-corrected chi connectivity index (χ0v) is 11.6. The summed E-state index contributed by atoms with van der Waals surface area (Å²) < 4.78 is 2.49. The molecule has 2 heterocycles. The minimum atomic E-state index is 0.775. The maximum absolute atomic E-state index is 2.70. The number of rotatable bonds is 5. The smallest absolute Gasteiger partial charge is 0.0239 e. The third-order valence-electron chi connectivity index (χ3n) is 3.96. The molecule has 1 aromatic rings. The van der Waals surface area contributed by atoms with E-state index in [9.17, 15) is 0 Å². The van der Waals surface area contributed by atoms with E-state index in [1.165, 1.54) is 56.7 Å². The molecule has 0 saturated carbocycles. The van der Waals surface area contributed by atoms with E-state index in [1.54, 1.807) is 0 Å². The number of fused-ring (bicyclic) bond motifs is 1. The number of aryl methyl sites for hydroxylation is 1. The Kier molecular flexibility index (Phi) is 4.27. The molecule has 2 nitrogen and oxygen atoms in total. The number of hydrogen-bond donors (Lipinski definition) is 0. The van der Waals surface area contributed by atoms with E-state index in [0.29, 0.717) is 0 Å². The maximum Gasteiger partial charge on any atom is 0.0239 e. The van der Waals surface area contributed by atoms with Crippen molar-refractivity contribution in [1.29, 1.82) is 0 Å². The van der Waals surface area contributed by atoms with Crippen LogP contribution in [0.5, 0.6) is 0 Å². The van der Waals surface area contributed by atoms with E-state index < -0.39 is 0 Å². The summed E-state index contributed by atoms with van der Waals surface area (Å²) in [6, 6.07) is 5.36. The summed E-state index contributed by atoms with van der Waals surface area (Å²) in [6.07, 6.45) is 5.11. The molecule has 2 rings (SSSR count). The molecule has 1 aliphatic rings. The molecule has 0 N–H and O–H groups in total. The average molecular weight is 234 g/mol. The molecule has 96 valence electrons. The van der Waals surface area contributed by atoms with Gasteiger partial charge in [-0.25, -0.2) is 0 Å². The first-order valence-corrected chi connectivity index (χ1v) is 7.15. The lowest BCUT2D eigenvalue weighted by Crippen LogP contribution is -2.41. The van der Waals surface area contributed by atoms with Crippen molar-refractivity contribution in [2.24, 2.45) is 0 Å². The molecule has 0 bridgehead atoms. The van der Waals surface area contributed by atoms with Gasteiger partial charge >= 0.3 is 0 Å². The van der Waals surface area contributed by atoms with Gasteiger partial charge in [-0.2, -0.15) is 0 Å². The van der Waals surface area contributed by atoms with Crippen molar-refractivity contribution < 1.29 is 0 Å². The van der Waals surface area contributed by atoms with Crippen LogP contribution in [-0.4, -0.2) is 28.6 Å². The Morgan fingerprint density at radius 1 is 1.24 bits per heavy atom. The summed E-state index contributed by atoms with van der Waals surface area (Å²) in [4.78, 5) is 2.70. The summed E-state index contributed by atoms with van der Waals surface area (Å²) in [5.41, 5.74) is 2.96. The molecule has 0 aromatic carbocycles. The topological polar surface area (TPSA) is 8.17 Å². The average Bonchev–Trinajstić information content (AvgIpc) is 2.70. The molecule has 1 aliphatic heterocycles. The van der Waals surface area contributed by atoms with Crippen molar-refractivity contribution in [3.05, 3.63) is 23.5 Å². The standard InChI is InChI=1S/C15H26N2/c1-4-9-16(10-5-2)14-8-11-17-13(3)6-7-15(17)12-14/h6-7,14H,4-5,8-12H2,1-3H3/t14-/m1/s1. The van der Waals surface area contributed by atoms with E-state index in [4.69, 9.17) is 0 Å². The zero-order valence-electron chi connectivity index (χ0n) is 11.6. The summed E-state index contributed by atoms with van der Waals surface area (Å²) in [5, 5.41) is 0. The second-order valence-electron chi connectivity index (χ2n) is 5.30. The highest BCUT2D eigenvalue weighted by Gasteiger charge is 2.23. The molecule has 17 heavy (non-hydrogen) atoms. The van der Waals surface area contributed by atoms with Gasteiger partial charge in [-0.15, -0.1) is 0 Å². The SMILES string of the molecule is CCCN(CCC)[C@@H]1CCn2c(C)ccc2C1. The molecule has 1 aromatic heterocycles. The van der Waals surface area contributed by atoms with Crippen LogP contribution >= 0.6 is 0 Å². The van der Waals surface area contributed by atoms with E-state index in [-0.39, 0.29) is 0 Å². The second-order valence-corrected chi connectivity index (χ2v) is 5.30.